The van der Waals surface area contributed by atoms with Crippen LogP contribution in [-0.4, -0.2) is 19.5 Å². The Labute approximate surface area is 246 Å². The van der Waals surface area contributed by atoms with Crippen LogP contribution in [0.1, 0.15) is 0 Å². The molecule has 196 valence electrons. The molecule has 4 heterocycles. The van der Waals surface area contributed by atoms with E-state index in [0.717, 1.165) is 38.6 Å². The molecule has 0 saturated carbocycles. The van der Waals surface area contributed by atoms with Crippen LogP contribution in [0.15, 0.2) is 144 Å². The molecule has 0 fully saturated rings. The highest BCUT2D eigenvalue weighted by atomic mass is 32.2. The van der Waals surface area contributed by atoms with E-state index in [4.69, 9.17) is 15.0 Å². The quantitative estimate of drug-likeness (QED) is 0.218. The third kappa shape index (κ3) is 3.41. The summed E-state index contributed by atoms with van der Waals surface area (Å²) < 4.78 is 2.35. The van der Waals surface area contributed by atoms with Gasteiger partial charge in [-0.2, -0.15) is 0 Å². The second-order valence-electron chi connectivity index (χ2n) is 10.5. The average molecular weight is 555 g/mol. The molecule has 0 bridgehead atoms. The second kappa shape index (κ2) is 9.13. The molecule has 0 radical (unpaired) electrons. The van der Waals surface area contributed by atoms with Gasteiger partial charge in [0, 0.05) is 38.4 Å². The number of rotatable bonds is 3. The first-order chi connectivity index (χ1) is 20.8. The summed E-state index contributed by atoms with van der Waals surface area (Å²) in [5, 5.41) is 5.91. The number of para-hydroxylation sites is 1. The molecule has 42 heavy (non-hydrogen) atoms. The van der Waals surface area contributed by atoms with Gasteiger partial charge in [0.2, 0.25) is 0 Å². The predicted octanol–water partition coefficient (Wildman–Crippen LogP) is 9.59. The molecule has 1 aliphatic rings. The van der Waals surface area contributed by atoms with Crippen molar-refractivity contribution in [2.24, 2.45) is 0 Å². The Hall–Kier alpha value is -5.26. The summed E-state index contributed by atoms with van der Waals surface area (Å²) in [5.74, 6) is 0.709. The lowest BCUT2D eigenvalue weighted by Gasteiger charge is -2.20. The summed E-state index contributed by atoms with van der Waals surface area (Å²) in [6.07, 6.45) is 3.93. The third-order valence-corrected chi connectivity index (χ3v) is 9.20. The van der Waals surface area contributed by atoms with E-state index >= 15 is 0 Å². The third-order valence-electron chi connectivity index (χ3n) is 8.12. The van der Waals surface area contributed by atoms with Gasteiger partial charge >= 0.3 is 0 Å². The lowest BCUT2D eigenvalue weighted by molar-refractivity contribution is 1.09. The summed E-state index contributed by atoms with van der Waals surface area (Å²) in [4.78, 5) is 16.2. The molecule has 3 aromatic heterocycles. The fraction of sp³-hybridized carbons (Fsp3) is 0. The van der Waals surface area contributed by atoms with Crippen molar-refractivity contribution in [2.45, 2.75) is 9.92 Å². The molecule has 5 heteroatoms. The van der Waals surface area contributed by atoms with Crippen LogP contribution in [0.2, 0.25) is 0 Å². The van der Waals surface area contributed by atoms with E-state index in [1.54, 1.807) is 11.8 Å². The van der Waals surface area contributed by atoms with Crippen molar-refractivity contribution in [1.82, 2.24) is 19.5 Å². The lowest BCUT2D eigenvalue weighted by atomic mass is 9.95. The summed E-state index contributed by atoms with van der Waals surface area (Å²) in [6, 6.07) is 42.4. The molecule has 0 atom stereocenters. The Bertz CT molecular complexity index is 2330. The zero-order valence-corrected chi connectivity index (χ0v) is 23.2. The maximum Gasteiger partial charge on any atom is 0.159 e. The van der Waals surface area contributed by atoms with Crippen molar-refractivity contribution in [1.29, 1.82) is 0 Å². The van der Waals surface area contributed by atoms with Crippen LogP contribution < -0.4 is 0 Å². The summed E-state index contributed by atoms with van der Waals surface area (Å²) >= 11 is 1.75. The minimum atomic E-state index is 0.709. The molecule has 5 aromatic carbocycles. The molecule has 0 amide bonds. The van der Waals surface area contributed by atoms with E-state index in [1.165, 1.54) is 37.6 Å². The molecule has 1 aliphatic heterocycles. The standard InChI is InChI=1S/C37H22N4S/c1-3-11-23(12-4-1)35-31(22-39-36(40-35)24-13-5-2-6-14-24)41-29-17-9-7-16-26(29)33-27-19-20-38-37-34(27)28(21-30(33)41)25-15-8-10-18-32(25)42-37/h1-22H. The van der Waals surface area contributed by atoms with Crippen molar-refractivity contribution in [3.8, 4) is 39.5 Å². The molecule has 0 spiro atoms. The Morgan fingerprint density at radius 1 is 0.571 bits per heavy atom. The molecular formula is C37H22N4S. The van der Waals surface area contributed by atoms with E-state index in [2.05, 4.69) is 102 Å². The number of hydrogen-bond acceptors (Lipinski definition) is 4. The number of benzene rings is 5. The Morgan fingerprint density at radius 3 is 2.17 bits per heavy atom. The smallest absolute Gasteiger partial charge is 0.159 e. The van der Waals surface area contributed by atoms with Gasteiger partial charge in [0.1, 0.15) is 5.03 Å². The van der Waals surface area contributed by atoms with Gasteiger partial charge < -0.3 is 4.57 Å². The van der Waals surface area contributed by atoms with Crippen LogP contribution in [0.5, 0.6) is 0 Å². The van der Waals surface area contributed by atoms with Gasteiger partial charge in [-0.1, -0.05) is 109 Å². The van der Waals surface area contributed by atoms with E-state index in [9.17, 15) is 0 Å². The highest BCUT2D eigenvalue weighted by molar-refractivity contribution is 7.99. The van der Waals surface area contributed by atoms with E-state index in [1.807, 2.05) is 36.7 Å². The average Bonchev–Trinajstić information content (AvgIpc) is 3.39. The van der Waals surface area contributed by atoms with Gasteiger partial charge in [-0.05, 0) is 40.8 Å². The van der Waals surface area contributed by atoms with Gasteiger partial charge in [-0.3, -0.25) is 0 Å². The van der Waals surface area contributed by atoms with E-state index < -0.39 is 0 Å². The highest BCUT2D eigenvalue weighted by Gasteiger charge is 2.25. The molecule has 8 aromatic rings. The molecule has 0 N–H and O–H groups in total. The first-order valence-corrected chi connectivity index (χ1v) is 14.8. The fourth-order valence-electron chi connectivity index (χ4n) is 6.30. The van der Waals surface area contributed by atoms with Crippen LogP contribution in [-0.2, 0) is 0 Å². The minimum Gasteiger partial charge on any atom is -0.306 e. The summed E-state index contributed by atoms with van der Waals surface area (Å²) in [7, 11) is 0. The van der Waals surface area contributed by atoms with Crippen molar-refractivity contribution < 1.29 is 0 Å². The summed E-state index contributed by atoms with van der Waals surface area (Å²) in [6.45, 7) is 0. The number of nitrogens with zero attached hydrogens (tertiary/aromatic N) is 4. The molecule has 0 unspecified atom stereocenters. The molecule has 0 saturated heterocycles. The van der Waals surface area contributed by atoms with Crippen LogP contribution in [0, 0.1) is 0 Å². The zero-order chi connectivity index (χ0) is 27.6. The minimum absolute atomic E-state index is 0.709. The first kappa shape index (κ1) is 23.4. The largest absolute Gasteiger partial charge is 0.306 e. The van der Waals surface area contributed by atoms with Crippen molar-refractivity contribution in [2.75, 3.05) is 0 Å². The number of pyridine rings is 1. The molecule has 4 nitrogen and oxygen atoms in total. The number of fused-ring (bicyclic) bond motifs is 6. The fourth-order valence-corrected chi connectivity index (χ4v) is 7.38. The predicted molar refractivity (Wildman–Crippen MR) is 172 cm³/mol. The zero-order valence-electron chi connectivity index (χ0n) is 22.4. The van der Waals surface area contributed by atoms with Crippen molar-refractivity contribution in [3.05, 3.63) is 134 Å². The van der Waals surface area contributed by atoms with Crippen molar-refractivity contribution >= 4 is 44.3 Å². The maximum absolute atomic E-state index is 5.20. The SMILES string of the molecule is c1ccc(-c2ncc(-n3c4ccccc4c4c5ccnc6c5c(cc43)-c3ccccc3S6)c(-c3ccccc3)n2)cc1. The molecular weight excluding hydrogens is 533 g/mol. The van der Waals surface area contributed by atoms with Crippen LogP contribution in [0.3, 0.4) is 0 Å². The number of aromatic nitrogens is 4. The van der Waals surface area contributed by atoms with Gasteiger partial charge in [0.25, 0.3) is 0 Å². The maximum atomic E-state index is 5.20. The Balaban J connectivity index is 1.43. The van der Waals surface area contributed by atoms with Crippen LogP contribution >= 0.6 is 11.8 Å². The monoisotopic (exact) mass is 554 g/mol. The van der Waals surface area contributed by atoms with Gasteiger partial charge in [-0.15, -0.1) is 0 Å². The topological polar surface area (TPSA) is 43.6 Å². The highest BCUT2D eigenvalue weighted by Crippen LogP contribution is 2.50. The Kier molecular flexibility index (Phi) is 5.10. The van der Waals surface area contributed by atoms with E-state index in [0.29, 0.717) is 5.82 Å². The van der Waals surface area contributed by atoms with Crippen LogP contribution in [0.25, 0.3) is 72.0 Å². The van der Waals surface area contributed by atoms with Gasteiger partial charge in [0.15, 0.2) is 5.82 Å². The van der Waals surface area contributed by atoms with Crippen LogP contribution in [0.4, 0.5) is 0 Å². The lowest BCUT2D eigenvalue weighted by Crippen LogP contribution is -2.03. The second-order valence-corrected chi connectivity index (χ2v) is 11.5. The molecule has 0 aliphatic carbocycles. The summed E-state index contributed by atoms with van der Waals surface area (Å²) in [5.41, 5.74) is 8.59. The van der Waals surface area contributed by atoms with E-state index in [-0.39, 0.29) is 0 Å². The normalized spacial score (nSPS) is 12.2. The van der Waals surface area contributed by atoms with Crippen molar-refractivity contribution in [3.63, 3.8) is 0 Å². The van der Waals surface area contributed by atoms with Gasteiger partial charge in [-0.25, -0.2) is 15.0 Å². The van der Waals surface area contributed by atoms with Gasteiger partial charge in [0.05, 0.1) is 28.6 Å². The molecule has 9 rings (SSSR count). The Morgan fingerprint density at radius 2 is 1.31 bits per heavy atom. The first-order valence-electron chi connectivity index (χ1n) is 14.0. The number of hydrogen-bond donors (Lipinski definition) is 0.